The first-order valence-electron chi connectivity index (χ1n) is 8.58. The molecule has 3 aromatic rings. The Balaban J connectivity index is 1.65. The second-order valence-electron chi connectivity index (χ2n) is 6.40. The number of hydrogen-bond donors (Lipinski definition) is 1. The number of benzene rings is 1. The maximum absolute atomic E-state index is 13.1. The Morgan fingerprint density at radius 2 is 2.00 bits per heavy atom. The quantitative estimate of drug-likeness (QED) is 0.703. The minimum atomic E-state index is -4.46. The summed E-state index contributed by atoms with van der Waals surface area (Å²) in [5, 5.41) is 10.3. The Bertz CT molecular complexity index is 940. The SMILES string of the molecule is CC(Cc1cccnc1)NC(=O)c1cn(Cc2ccccc2C(F)(F)F)nn1. The number of rotatable bonds is 6. The predicted molar refractivity (Wildman–Crippen MR) is 95.4 cm³/mol. The number of pyridine rings is 1. The zero-order chi connectivity index (χ0) is 20.1. The van der Waals surface area contributed by atoms with E-state index in [-0.39, 0.29) is 23.8 Å². The van der Waals surface area contributed by atoms with Crippen LogP contribution in [0.15, 0.2) is 55.0 Å². The highest BCUT2D eigenvalue weighted by atomic mass is 19.4. The third-order valence-corrected chi connectivity index (χ3v) is 4.07. The monoisotopic (exact) mass is 389 g/mol. The summed E-state index contributed by atoms with van der Waals surface area (Å²) in [6, 6.07) is 8.79. The first-order valence-corrected chi connectivity index (χ1v) is 8.58. The molecule has 0 bridgehead atoms. The van der Waals surface area contributed by atoms with Crippen molar-refractivity contribution in [3.8, 4) is 0 Å². The van der Waals surface area contributed by atoms with Gasteiger partial charge in [-0.05, 0) is 36.6 Å². The molecule has 2 heterocycles. The van der Waals surface area contributed by atoms with Crippen molar-refractivity contribution in [1.82, 2.24) is 25.3 Å². The normalized spacial score (nSPS) is 12.6. The van der Waals surface area contributed by atoms with Gasteiger partial charge in [0.25, 0.3) is 5.91 Å². The third kappa shape index (κ3) is 4.93. The molecule has 1 atom stereocenters. The first-order chi connectivity index (χ1) is 13.3. The van der Waals surface area contributed by atoms with Crippen molar-refractivity contribution in [1.29, 1.82) is 0 Å². The number of aromatic nitrogens is 4. The molecular formula is C19H18F3N5O. The molecule has 3 rings (SSSR count). The summed E-state index contributed by atoms with van der Waals surface area (Å²) in [6.45, 7) is 1.70. The Hall–Kier alpha value is -3.23. The van der Waals surface area contributed by atoms with E-state index in [1.807, 2.05) is 19.1 Å². The maximum Gasteiger partial charge on any atom is 0.416 e. The van der Waals surface area contributed by atoms with Crippen molar-refractivity contribution in [3.05, 3.63) is 77.4 Å². The van der Waals surface area contributed by atoms with Crippen LogP contribution in [-0.4, -0.2) is 31.9 Å². The van der Waals surface area contributed by atoms with Crippen molar-refractivity contribution >= 4 is 5.91 Å². The van der Waals surface area contributed by atoms with Crippen molar-refractivity contribution in [2.45, 2.75) is 32.1 Å². The van der Waals surface area contributed by atoms with Gasteiger partial charge in [0.05, 0.1) is 18.3 Å². The number of nitrogens with one attached hydrogen (secondary N) is 1. The highest BCUT2D eigenvalue weighted by Crippen LogP contribution is 2.32. The lowest BCUT2D eigenvalue weighted by atomic mass is 10.1. The van der Waals surface area contributed by atoms with E-state index in [1.165, 1.54) is 29.1 Å². The van der Waals surface area contributed by atoms with Crippen LogP contribution in [0, 0.1) is 0 Å². The molecule has 28 heavy (non-hydrogen) atoms. The van der Waals surface area contributed by atoms with Crippen LogP contribution >= 0.6 is 0 Å². The lowest BCUT2D eigenvalue weighted by Gasteiger charge is -2.12. The molecule has 0 spiro atoms. The second-order valence-corrected chi connectivity index (χ2v) is 6.40. The topological polar surface area (TPSA) is 72.7 Å². The Morgan fingerprint density at radius 1 is 1.21 bits per heavy atom. The standard InChI is InChI=1S/C19H18F3N5O/c1-13(9-14-5-4-8-23-10-14)24-18(28)17-12-27(26-25-17)11-15-6-2-3-7-16(15)19(20,21)22/h2-8,10,12-13H,9,11H2,1H3,(H,24,28). The van der Waals surface area contributed by atoms with Crippen LogP contribution in [0.5, 0.6) is 0 Å². The van der Waals surface area contributed by atoms with Gasteiger partial charge >= 0.3 is 6.18 Å². The fourth-order valence-corrected chi connectivity index (χ4v) is 2.81. The van der Waals surface area contributed by atoms with Crippen LogP contribution in [0.2, 0.25) is 0 Å². The lowest BCUT2D eigenvalue weighted by molar-refractivity contribution is -0.138. The molecule has 0 fully saturated rings. The summed E-state index contributed by atoms with van der Waals surface area (Å²) in [6.07, 6.45) is 0.851. The van der Waals surface area contributed by atoms with Gasteiger partial charge in [-0.25, -0.2) is 4.68 Å². The van der Waals surface area contributed by atoms with E-state index in [0.717, 1.165) is 11.6 Å². The number of amides is 1. The second kappa shape index (κ2) is 8.20. The van der Waals surface area contributed by atoms with Crippen molar-refractivity contribution in [3.63, 3.8) is 0 Å². The van der Waals surface area contributed by atoms with Gasteiger partial charge in [0, 0.05) is 18.4 Å². The van der Waals surface area contributed by atoms with Crippen molar-refractivity contribution < 1.29 is 18.0 Å². The van der Waals surface area contributed by atoms with E-state index < -0.39 is 17.6 Å². The minimum absolute atomic E-state index is 0.0440. The summed E-state index contributed by atoms with van der Waals surface area (Å²) >= 11 is 0. The molecule has 1 N–H and O–H groups in total. The van der Waals surface area contributed by atoms with Crippen LogP contribution in [0.25, 0.3) is 0 Å². The van der Waals surface area contributed by atoms with Crippen LogP contribution in [-0.2, 0) is 19.1 Å². The van der Waals surface area contributed by atoms with Crippen molar-refractivity contribution in [2.24, 2.45) is 0 Å². The van der Waals surface area contributed by atoms with E-state index in [4.69, 9.17) is 0 Å². The van der Waals surface area contributed by atoms with E-state index in [1.54, 1.807) is 12.4 Å². The molecule has 0 saturated heterocycles. The van der Waals surface area contributed by atoms with Gasteiger partial charge in [-0.1, -0.05) is 29.5 Å². The van der Waals surface area contributed by atoms with Gasteiger partial charge in [-0.15, -0.1) is 5.10 Å². The molecule has 9 heteroatoms. The molecule has 1 aromatic carbocycles. The van der Waals surface area contributed by atoms with Gasteiger partial charge in [-0.3, -0.25) is 9.78 Å². The Kier molecular flexibility index (Phi) is 5.72. The molecule has 146 valence electrons. The number of halogens is 3. The number of carbonyl (C=O) groups excluding carboxylic acids is 1. The van der Waals surface area contributed by atoms with Crippen LogP contribution in [0.3, 0.4) is 0 Å². The van der Waals surface area contributed by atoms with E-state index >= 15 is 0 Å². The summed E-state index contributed by atoms with van der Waals surface area (Å²) in [7, 11) is 0. The fraction of sp³-hybridized carbons (Fsp3) is 0.263. The van der Waals surface area contributed by atoms with Gasteiger partial charge in [0.1, 0.15) is 0 Å². The van der Waals surface area contributed by atoms with Crippen LogP contribution in [0.1, 0.15) is 34.1 Å². The minimum Gasteiger partial charge on any atom is -0.348 e. The molecule has 0 saturated carbocycles. The van der Waals surface area contributed by atoms with E-state index in [2.05, 4.69) is 20.6 Å². The zero-order valence-corrected chi connectivity index (χ0v) is 15.0. The number of alkyl halides is 3. The smallest absolute Gasteiger partial charge is 0.348 e. The average molecular weight is 389 g/mol. The fourth-order valence-electron chi connectivity index (χ4n) is 2.81. The molecule has 1 unspecified atom stereocenters. The summed E-state index contributed by atoms with van der Waals surface area (Å²) in [5.74, 6) is -0.438. The average Bonchev–Trinajstić information content (AvgIpc) is 3.11. The highest BCUT2D eigenvalue weighted by molar-refractivity contribution is 5.92. The Labute approximate surface area is 159 Å². The van der Waals surface area contributed by atoms with Crippen LogP contribution < -0.4 is 5.32 Å². The summed E-state index contributed by atoms with van der Waals surface area (Å²) < 4.78 is 40.5. The molecular weight excluding hydrogens is 371 g/mol. The lowest BCUT2D eigenvalue weighted by Crippen LogP contribution is -2.34. The van der Waals surface area contributed by atoms with E-state index in [9.17, 15) is 18.0 Å². The summed E-state index contributed by atoms with van der Waals surface area (Å²) in [4.78, 5) is 16.3. The van der Waals surface area contributed by atoms with Crippen molar-refractivity contribution in [2.75, 3.05) is 0 Å². The van der Waals surface area contributed by atoms with Crippen LogP contribution in [0.4, 0.5) is 13.2 Å². The number of carbonyl (C=O) groups is 1. The predicted octanol–water partition coefficient (Wildman–Crippen LogP) is 3.10. The maximum atomic E-state index is 13.1. The largest absolute Gasteiger partial charge is 0.416 e. The molecule has 0 aliphatic rings. The first kappa shape index (κ1) is 19.5. The van der Waals surface area contributed by atoms with E-state index in [0.29, 0.717) is 6.42 Å². The van der Waals surface area contributed by atoms with Gasteiger partial charge < -0.3 is 5.32 Å². The highest BCUT2D eigenvalue weighted by Gasteiger charge is 2.33. The number of hydrogen-bond acceptors (Lipinski definition) is 4. The van der Waals surface area contributed by atoms with Gasteiger partial charge in [-0.2, -0.15) is 13.2 Å². The third-order valence-electron chi connectivity index (χ3n) is 4.07. The molecule has 0 aliphatic heterocycles. The number of nitrogens with zero attached hydrogens (tertiary/aromatic N) is 4. The summed E-state index contributed by atoms with van der Waals surface area (Å²) in [5.41, 5.74) is 0.337. The molecule has 1 amide bonds. The zero-order valence-electron chi connectivity index (χ0n) is 15.0. The Morgan fingerprint density at radius 3 is 2.71 bits per heavy atom. The molecule has 6 nitrogen and oxygen atoms in total. The molecule has 2 aromatic heterocycles. The molecule has 0 radical (unpaired) electrons. The van der Waals surface area contributed by atoms with Gasteiger partial charge in [0.2, 0.25) is 0 Å². The van der Waals surface area contributed by atoms with Gasteiger partial charge in [0.15, 0.2) is 5.69 Å². The molecule has 0 aliphatic carbocycles.